The quantitative estimate of drug-likeness (QED) is 0.833. The van der Waals surface area contributed by atoms with Crippen molar-refractivity contribution < 1.29 is 0 Å². The molecule has 1 atom stereocenters. The highest BCUT2D eigenvalue weighted by Gasteiger charge is 2.28. The monoisotopic (exact) mass is 235 g/mol. The number of aryl methyl sites for hydroxylation is 1. The molecule has 88 valence electrons. The number of hydrogen-bond acceptors (Lipinski definition) is 2. The number of benzene rings is 1. The molecule has 2 heteroatoms. The third kappa shape index (κ3) is 3.18. The lowest BCUT2D eigenvalue weighted by atomic mass is 9.88. The molecule has 1 fully saturated rings. The van der Waals surface area contributed by atoms with Crippen molar-refractivity contribution in [1.29, 1.82) is 0 Å². The third-order valence-electron chi connectivity index (χ3n) is 3.00. The van der Waals surface area contributed by atoms with Crippen molar-refractivity contribution in [2.45, 2.75) is 33.2 Å². The zero-order chi connectivity index (χ0) is 11.6. The predicted molar refractivity (Wildman–Crippen MR) is 74.3 cm³/mol. The van der Waals surface area contributed by atoms with E-state index in [-0.39, 0.29) is 0 Å². The number of thioether (sulfide) groups is 1. The number of nitrogens with one attached hydrogen (secondary N) is 1. The van der Waals surface area contributed by atoms with Gasteiger partial charge >= 0.3 is 0 Å². The summed E-state index contributed by atoms with van der Waals surface area (Å²) in [5.74, 6) is 2.52. The van der Waals surface area contributed by atoms with Gasteiger partial charge in [-0.05, 0) is 42.2 Å². The molecule has 1 heterocycles. The van der Waals surface area contributed by atoms with Gasteiger partial charge in [-0.1, -0.05) is 26.0 Å². The maximum absolute atomic E-state index is 3.66. The average Bonchev–Trinajstić information content (AvgIpc) is 2.15. The van der Waals surface area contributed by atoms with E-state index in [4.69, 9.17) is 0 Å². The summed E-state index contributed by atoms with van der Waals surface area (Å²) >= 11 is 2.07. The Kier molecular flexibility index (Phi) is 3.48. The Balaban J connectivity index is 1.99. The van der Waals surface area contributed by atoms with Crippen molar-refractivity contribution in [1.82, 2.24) is 0 Å². The fourth-order valence-corrected chi connectivity index (χ4v) is 3.60. The van der Waals surface area contributed by atoms with E-state index in [2.05, 4.69) is 62.1 Å². The van der Waals surface area contributed by atoms with E-state index in [9.17, 15) is 0 Å². The Hall–Kier alpha value is -0.630. The third-order valence-corrected chi connectivity index (χ3v) is 4.62. The van der Waals surface area contributed by atoms with Crippen molar-refractivity contribution in [2.75, 3.05) is 16.8 Å². The second-order valence-corrected chi connectivity index (χ2v) is 6.62. The number of hydrogen-bond donors (Lipinski definition) is 1. The van der Waals surface area contributed by atoms with Crippen molar-refractivity contribution in [3.05, 3.63) is 29.8 Å². The van der Waals surface area contributed by atoms with Crippen molar-refractivity contribution in [2.24, 2.45) is 5.41 Å². The van der Waals surface area contributed by atoms with Crippen LogP contribution >= 0.6 is 11.8 Å². The first-order chi connectivity index (χ1) is 7.55. The van der Waals surface area contributed by atoms with Crippen molar-refractivity contribution in [3.63, 3.8) is 0 Å². The lowest BCUT2D eigenvalue weighted by Gasteiger charge is -2.35. The molecule has 0 aliphatic carbocycles. The fourth-order valence-electron chi connectivity index (χ4n) is 2.33. The van der Waals surface area contributed by atoms with Crippen LogP contribution in [-0.2, 0) is 0 Å². The molecule has 1 aromatic carbocycles. The van der Waals surface area contributed by atoms with Gasteiger partial charge in [0.1, 0.15) is 0 Å². The molecule has 0 saturated carbocycles. The van der Waals surface area contributed by atoms with Crippen LogP contribution in [0.15, 0.2) is 24.3 Å². The van der Waals surface area contributed by atoms with E-state index in [1.54, 1.807) is 0 Å². The van der Waals surface area contributed by atoms with Gasteiger partial charge in [0.05, 0.1) is 0 Å². The van der Waals surface area contributed by atoms with Crippen LogP contribution in [-0.4, -0.2) is 17.5 Å². The van der Waals surface area contributed by atoms with E-state index < -0.39 is 0 Å². The largest absolute Gasteiger partial charge is 0.381 e. The van der Waals surface area contributed by atoms with Crippen LogP contribution in [0.1, 0.15) is 25.8 Å². The van der Waals surface area contributed by atoms with Gasteiger partial charge in [-0.25, -0.2) is 0 Å². The molecule has 1 nitrogen and oxygen atoms in total. The van der Waals surface area contributed by atoms with Gasteiger partial charge < -0.3 is 5.32 Å². The molecule has 1 aliphatic rings. The smallest absolute Gasteiger partial charge is 0.0357 e. The van der Waals surface area contributed by atoms with Gasteiger partial charge in [0.2, 0.25) is 0 Å². The molecular weight excluding hydrogens is 214 g/mol. The van der Waals surface area contributed by atoms with E-state index >= 15 is 0 Å². The minimum atomic E-state index is 0.477. The van der Waals surface area contributed by atoms with Gasteiger partial charge in [0.15, 0.2) is 0 Å². The first kappa shape index (κ1) is 11.8. The Morgan fingerprint density at radius 1 is 1.38 bits per heavy atom. The molecule has 0 radical (unpaired) electrons. The zero-order valence-electron chi connectivity index (χ0n) is 10.4. The van der Waals surface area contributed by atoms with E-state index in [1.807, 2.05) is 0 Å². The summed E-state index contributed by atoms with van der Waals surface area (Å²) in [6.45, 7) is 6.87. The standard InChI is InChI=1S/C14H21NS/c1-11-5-4-6-12(7-11)15-13-8-14(2,3)10-16-9-13/h4-7,13,15H,8-10H2,1-3H3. The summed E-state index contributed by atoms with van der Waals surface area (Å²) in [6.07, 6.45) is 1.27. The topological polar surface area (TPSA) is 12.0 Å². The molecule has 0 spiro atoms. The second kappa shape index (κ2) is 4.70. The summed E-state index contributed by atoms with van der Waals surface area (Å²) in [6, 6.07) is 9.28. The maximum Gasteiger partial charge on any atom is 0.0357 e. The van der Waals surface area contributed by atoms with Crippen molar-refractivity contribution >= 4 is 17.4 Å². The van der Waals surface area contributed by atoms with E-state index in [1.165, 1.54) is 29.2 Å². The Morgan fingerprint density at radius 3 is 2.88 bits per heavy atom. The van der Waals surface area contributed by atoms with Crippen LogP contribution in [0.2, 0.25) is 0 Å². The average molecular weight is 235 g/mol. The number of anilines is 1. The van der Waals surface area contributed by atoms with Crippen LogP contribution in [0.4, 0.5) is 5.69 Å². The molecule has 1 saturated heterocycles. The van der Waals surface area contributed by atoms with Gasteiger partial charge in [0, 0.05) is 17.5 Å². The van der Waals surface area contributed by atoms with Crippen LogP contribution in [0.5, 0.6) is 0 Å². The van der Waals surface area contributed by atoms with Crippen LogP contribution in [0.3, 0.4) is 0 Å². The van der Waals surface area contributed by atoms with E-state index in [0.29, 0.717) is 11.5 Å². The minimum Gasteiger partial charge on any atom is -0.381 e. The van der Waals surface area contributed by atoms with Gasteiger partial charge in [-0.15, -0.1) is 0 Å². The number of rotatable bonds is 2. The second-order valence-electron chi connectivity index (χ2n) is 5.59. The normalized spacial score (nSPS) is 24.1. The first-order valence-corrected chi connectivity index (χ1v) is 7.12. The molecule has 16 heavy (non-hydrogen) atoms. The Labute approximate surface area is 103 Å². The fraction of sp³-hybridized carbons (Fsp3) is 0.571. The Bertz CT molecular complexity index is 360. The van der Waals surface area contributed by atoms with Gasteiger partial charge in [0.25, 0.3) is 0 Å². The molecule has 0 aromatic heterocycles. The highest BCUT2D eigenvalue weighted by atomic mass is 32.2. The molecular formula is C14H21NS. The molecule has 2 rings (SSSR count). The lowest BCUT2D eigenvalue weighted by Crippen LogP contribution is -2.35. The van der Waals surface area contributed by atoms with Gasteiger partial charge in [-0.3, -0.25) is 0 Å². The highest BCUT2D eigenvalue weighted by Crippen LogP contribution is 2.34. The highest BCUT2D eigenvalue weighted by molar-refractivity contribution is 7.99. The van der Waals surface area contributed by atoms with Crippen molar-refractivity contribution in [3.8, 4) is 0 Å². The summed E-state index contributed by atoms with van der Waals surface area (Å²) in [5, 5.41) is 3.66. The molecule has 0 amide bonds. The summed E-state index contributed by atoms with van der Waals surface area (Å²) in [4.78, 5) is 0. The molecule has 0 bridgehead atoms. The van der Waals surface area contributed by atoms with E-state index in [0.717, 1.165) is 0 Å². The van der Waals surface area contributed by atoms with Crippen LogP contribution in [0, 0.1) is 12.3 Å². The minimum absolute atomic E-state index is 0.477. The molecule has 1 unspecified atom stereocenters. The maximum atomic E-state index is 3.66. The molecule has 1 aromatic rings. The van der Waals surface area contributed by atoms with Gasteiger partial charge in [-0.2, -0.15) is 11.8 Å². The first-order valence-electron chi connectivity index (χ1n) is 5.96. The summed E-state index contributed by atoms with van der Waals surface area (Å²) in [7, 11) is 0. The van der Waals surface area contributed by atoms with Crippen LogP contribution < -0.4 is 5.32 Å². The summed E-state index contributed by atoms with van der Waals surface area (Å²) < 4.78 is 0. The van der Waals surface area contributed by atoms with Crippen LogP contribution in [0.25, 0.3) is 0 Å². The zero-order valence-corrected chi connectivity index (χ0v) is 11.2. The molecule has 1 aliphatic heterocycles. The lowest BCUT2D eigenvalue weighted by molar-refractivity contribution is 0.358. The Morgan fingerprint density at radius 2 is 2.19 bits per heavy atom. The molecule has 1 N–H and O–H groups in total. The SMILES string of the molecule is Cc1cccc(NC2CSCC(C)(C)C2)c1. The summed E-state index contributed by atoms with van der Waals surface area (Å²) in [5.41, 5.74) is 3.07. The predicted octanol–water partition coefficient (Wildman–Crippen LogP) is 3.94.